The van der Waals surface area contributed by atoms with Gasteiger partial charge in [0.2, 0.25) is 0 Å². The zero-order chi connectivity index (χ0) is 9.42. The molecule has 0 fully saturated rings. The minimum Gasteiger partial charge on any atom is -0.383 e. The molecule has 0 aliphatic rings. The number of aryl methyl sites for hydroxylation is 1. The molecule has 13 heavy (non-hydrogen) atoms. The molecule has 0 spiro atoms. The largest absolute Gasteiger partial charge is 0.383 e. The first-order valence-electron chi connectivity index (χ1n) is 4.14. The second kappa shape index (κ2) is 3.03. The van der Waals surface area contributed by atoms with Crippen LogP contribution < -0.4 is 5.73 Å². The maximum Gasteiger partial charge on any atom is 0.129 e. The lowest BCUT2D eigenvalue weighted by Gasteiger charge is -1.96. The van der Waals surface area contributed by atoms with E-state index in [4.69, 9.17) is 5.73 Å². The quantitative estimate of drug-likeness (QED) is 0.831. The molecule has 0 radical (unpaired) electrons. The van der Waals surface area contributed by atoms with Gasteiger partial charge in [0.05, 0.1) is 5.52 Å². The van der Waals surface area contributed by atoms with Crippen LogP contribution in [0.4, 0.5) is 5.82 Å². The van der Waals surface area contributed by atoms with E-state index >= 15 is 0 Å². The SMILES string of the molecule is CCn1nc2cc(Br)ccc2c1N. The summed E-state index contributed by atoms with van der Waals surface area (Å²) in [6.07, 6.45) is 0. The van der Waals surface area contributed by atoms with Crippen LogP contribution in [0.1, 0.15) is 6.92 Å². The lowest BCUT2D eigenvalue weighted by molar-refractivity contribution is 0.678. The van der Waals surface area contributed by atoms with Crippen LogP contribution in [0.3, 0.4) is 0 Å². The van der Waals surface area contributed by atoms with Crippen molar-refractivity contribution in [3.8, 4) is 0 Å². The molecule has 3 nitrogen and oxygen atoms in total. The summed E-state index contributed by atoms with van der Waals surface area (Å²) >= 11 is 3.40. The van der Waals surface area contributed by atoms with Crippen molar-refractivity contribution < 1.29 is 0 Å². The van der Waals surface area contributed by atoms with E-state index in [9.17, 15) is 0 Å². The van der Waals surface area contributed by atoms with Gasteiger partial charge >= 0.3 is 0 Å². The Morgan fingerprint density at radius 3 is 3.00 bits per heavy atom. The lowest BCUT2D eigenvalue weighted by atomic mass is 10.2. The van der Waals surface area contributed by atoms with Crippen molar-refractivity contribution in [2.24, 2.45) is 0 Å². The summed E-state index contributed by atoms with van der Waals surface area (Å²) in [5.74, 6) is 0.741. The van der Waals surface area contributed by atoms with Crippen LogP contribution in [0.25, 0.3) is 10.9 Å². The average Bonchev–Trinajstić information content (AvgIpc) is 2.42. The molecule has 0 atom stereocenters. The Kier molecular flexibility index (Phi) is 2.00. The molecule has 1 heterocycles. The van der Waals surface area contributed by atoms with E-state index in [0.717, 1.165) is 27.7 Å². The molecule has 0 saturated carbocycles. The Labute approximate surface area is 84.7 Å². The number of hydrogen-bond donors (Lipinski definition) is 1. The summed E-state index contributed by atoms with van der Waals surface area (Å²) in [5.41, 5.74) is 6.82. The number of anilines is 1. The number of fused-ring (bicyclic) bond motifs is 1. The number of nitrogen functional groups attached to an aromatic ring is 1. The fraction of sp³-hybridized carbons (Fsp3) is 0.222. The standard InChI is InChI=1S/C9H10BrN3/c1-2-13-9(11)7-4-3-6(10)5-8(7)12-13/h3-5H,2,11H2,1H3. The van der Waals surface area contributed by atoms with Gasteiger partial charge in [0, 0.05) is 16.4 Å². The molecule has 0 unspecified atom stereocenters. The minimum atomic E-state index is 0.741. The molecule has 1 aromatic heterocycles. The monoisotopic (exact) mass is 239 g/mol. The molecule has 0 amide bonds. The van der Waals surface area contributed by atoms with Gasteiger partial charge in [0.15, 0.2) is 0 Å². The summed E-state index contributed by atoms with van der Waals surface area (Å²) in [6.45, 7) is 2.83. The smallest absolute Gasteiger partial charge is 0.129 e. The van der Waals surface area contributed by atoms with E-state index in [2.05, 4.69) is 21.0 Å². The van der Waals surface area contributed by atoms with Crippen molar-refractivity contribution in [3.63, 3.8) is 0 Å². The highest BCUT2D eigenvalue weighted by atomic mass is 79.9. The summed E-state index contributed by atoms with van der Waals surface area (Å²) in [4.78, 5) is 0. The predicted octanol–water partition coefficient (Wildman–Crippen LogP) is 2.40. The third-order valence-electron chi connectivity index (χ3n) is 2.04. The zero-order valence-electron chi connectivity index (χ0n) is 7.29. The number of hydrogen-bond acceptors (Lipinski definition) is 2. The molecule has 1 aromatic carbocycles. The van der Waals surface area contributed by atoms with Crippen LogP contribution in [0.5, 0.6) is 0 Å². The van der Waals surface area contributed by atoms with Crippen molar-refractivity contribution in [3.05, 3.63) is 22.7 Å². The van der Waals surface area contributed by atoms with Crippen molar-refractivity contribution in [1.29, 1.82) is 0 Å². The highest BCUT2D eigenvalue weighted by molar-refractivity contribution is 9.10. The van der Waals surface area contributed by atoms with Crippen LogP contribution in [0.15, 0.2) is 22.7 Å². The van der Waals surface area contributed by atoms with Crippen molar-refractivity contribution in [2.75, 3.05) is 5.73 Å². The molecule has 0 saturated heterocycles. The summed E-state index contributed by atoms with van der Waals surface area (Å²) in [6, 6.07) is 5.92. The van der Waals surface area contributed by atoms with Gasteiger partial charge in [-0.05, 0) is 25.1 Å². The van der Waals surface area contributed by atoms with Crippen LogP contribution in [0.2, 0.25) is 0 Å². The first kappa shape index (κ1) is 8.56. The molecule has 2 rings (SSSR count). The van der Waals surface area contributed by atoms with Gasteiger partial charge in [-0.3, -0.25) is 0 Å². The van der Waals surface area contributed by atoms with Gasteiger partial charge in [-0.2, -0.15) is 5.10 Å². The first-order chi connectivity index (χ1) is 6.22. The van der Waals surface area contributed by atoms with Crippen LogP contribution in [-0.4, -0.2) is 9.78 Å². The Bertz CT molecular complexity index is 447. The van der Waals surface area contributed by atoms with Gasteiger partial charge in [0.1, 0.15) is 5.82 Å². The third kappa shape index (κ3) is 1.31. The Morgan fingerprint density at radius 2 is 2.31 bits per heavy atom. The van der Waals surface area contributed by atoms with Crippen molar-refractivity contribution in [1.82, 2.24) is 9.78 Å². The van der Waals surface area contributed by atoms with Crippen molar-refractivity contribution in [2.45, 2.75) is 13.5 Å². The van der Waals surface area contributed by atoms with Gasteiger partial charge in [-0.1, -0.05) is 15.9 Å². The molecule has 0 aliphatic carbocycles. The van der Waals surface area contributed by atoms with E-state index in [1.165, 1.54) is 0 Å². The number of nitrogens with two attached hydrogens (primary N) is 1. The summed E-state index contributed by atoms with van der Waals surface area (Å²) < 4.78 is 2.83. The molecule has 4 heteroatoms. The molecule has 2 aromatic rings. The Morgan fingerprint density at radius 1 is 1.54 bits per heavy atom. The topological polar surface area (TPSA) is 43.8 Å². The maximum absolute atomic E-state index is 5.88. The molecule has 0 aliphatic heterocycles. The van der Waals surface area contributed by atoms with Crippen LogP contribution in [-0.2, 0) is 6.54 Å². The zero-order valence-corrected chi connectivity index (χ0v) is 8.87. The number of aromatic nitrogens is 2. The van der Waals surface area contributed by atoms with Crippen LogP contribution in [0, 0.1) is 0 Å². The summed E-state index contributed by atoms with van der Waals surface area (Å²) in [7, 11) is 0. The number of benzene rings is 1. The molecular formula is C9H10BrN3. The maximum atomic E-state index is 5.88. The van der Waals surface area contributed by atoms with E-state index < -0.39 is 0 Å². The fourth-order valence-corrected chi connectivity index (χ4v) is 1.72. The van der Waals surface area contributed by atoms with E-state index in [0.29, 0.717) is 0 Å². The van der Waals surface area contributed by atoms with Crippen LogP contribution >= 0.6 is 15.9 Å². The fourth-order valence-electron chi connectivity index (χ4n) is 1.37. The van der Waals surface area contributed by atoms with Gasteiger partial charge in [-0.15, -0.1) is 0 Å². The van der Waals surface area contributed by atoms with Gasteiger partial charge < -0.3 is 5.73 Å². The number of halogens is 1. The highest BCUT2D eigenvalue weighted by Gasteiger charge is 2.05. The third-order valence-corrected chi connectivity index (χ3v) is 2.54. The van der Waals surface area contributed by atoms with E-state index in [1.807, 2.05) is 25.1 Å². The van der Waals surface area contributed by atoms with E-state index in [1.54, 1.807) is 4.68 Å². The number of nitrogens with zero attached hydrogens (tertiary/aromatic N) is 2. The molecule has 2 N–H and O–H groups in total. The number of rotatable bonds is 1. The molecule has 68 valence electrons. The lowest BCUT2D eigenvalue weighted by Crippen LogP contribution is -2.01. The Balaban J connectivity index is 2.76. The molecular weight excluding hydrogens is 230 g/mol. The summed E-state index contributed by atoms with van der Waals surface area (Å²) in [5, 5.41) is 5.37. The van der Waals surface area contributed by atoms with Gasteiger partial charge in [-0.25, -0.2) is 4.68 Å². The minimum absolute atomic E-state index is 0.741. The van der Waals surface area contributed by atoms with Crippen molar-refractivity contribution >= 4 is 32.7 Å². The second-order valence-electron chi connectivity index (χ2n) is 2.86. The highest BCUT2D eigenvalue weighted by Crippen LogP contribution is 2.23. The Hall–Kier alpha value is -1.03. The first-order valence-corrected chi connectivity index (χ1v) is 4.93. The van der Waals surface area contributed by atoms with Gasteiger partial charge in [0.25, 0.3) is 0 Å². The average molecular weight is 240 g/mol. The second-order valence-corrected chi connectivity index (χ2v) is 3.78. The predicted molar refractivity (Wildman–Crippen MR) is 57.5 cm³/mol. The van der Waals surface area contributed by atoms with E-state index in [-0.39, 0.29) is 0 Å². The normalized spacial score (nSPS) is 10.9. The molecule has 0 bridgehead atoms.